The van der Waals surface area contributed by atoms with Gasteiger partial charge in [0.25, 0.3) is 5.56 Å². The van der Waals surface area contributed by atoms with Gasteiger partial charge in [-0.15, -0.1) is 0 Å². The molecule has 4 rings (SSSR count). The molecule has 158 valence electrons. The van der Waals surface area contributed by atoms with E-state index in [0.29, 0.717) is 5.69 Å². The number of piperazine rings is 1. The van der Waals surface area contributed by atoms with Gasteiger partial charge in [0.1, 0.15) is 11.4 Å². The van der Waals surface area contributed by atoms with E-state index in [0.717, 1.165) is 68.9 Å². The molecule has 0 radical (unpaired) electrons. The van der Waals surface area contributed by atoms with E-state index >= 15 is 0 Å². The third-order valence-corrected chi connectivity index (χ3v) is 5.91. The van der Waals surface area contributed by atoms with E-state index in [1.54, 1.807) is 14.0 Å². The highest BCUT2D eigenvalue weighted by molar-refractivity contribution is 5.74. The molecule has 0 atom stereocenters. The summed E-state index contributed by atoms with van der Waals surface area (Å²) >= 11 is 0. The lowest BCUT2D eigenvalue weighted by molar-refractivity contribution is 0.251. The predicted molar refractivity (Wildman–Crippen MR) is 122 cm³/mol. The molecule has 0 N–H and O–H groups in total. The van der Waals surface area contributed by atoms with Crippen molar-refractivity contribution in [1.29, 1.82) is 0 Å². The van der Waals surface area contributed by atoms with Gasteiger partial charge >= 0.3 is 0 Å². The first-order valence-electron chi connectivity index (χ1n) is 10.7. The summed E-state index contributed by atoms with van der Waals surface area (Å²) in [7, 11) is 1.71. The van der Waals surface area contributed by atoms with Crippen LogP contribution in [0.1, 0.15) is 18.5 Å². The fraction of sp³-hybridized carbons (Fsp3) is 0.417. The number of hydrogen-bond acceptors (Lipinski definition) is 5. The van der Waals surface area contributed by atoms with Crippen LogP contribution in [0.2, 0.25) is 0 Å². The van der Waals surface area contributed by atoms with Crippen molar-refractivity contribution in [3.05, 3.63) is 64.6 Å². The van der Waals surface area contributed by atoms with Gasteiger partial charge in [-0.25, -0.2) is 4.98 Å². The van der Waals surface area contributed by atoms with Crippen LogP contribution < -0.4 is 15.2 Å². The Hall–Kier alpha value is -2.86. The summed E-state index contributed by atoms with van der Waals surface area (Å²) in [5.74, 6) is 0.907. The number of unbranched alkanes of at least 4 members (excludes halogenated alkanes) is 1. The standard InChI is InChI=1S/C24H30N4O2/c1-19-24(29)28(23-11-4-3-10-22(23)25-19)13-6-5-12-26-14-16-27(17-15-26)20-8-7-9-21(18-20)30-2/h3-4,7-11,18H,5-6,12-17H2,1-2H3. The monoisotopic (exact) mass is 406 g/mol. The fourth-order valence-corrected chi connectivity index (χ4v) is 4.18. The molecule has 0 saturated carbocycles. The molecule has 0 spiro atoms. The largest absolute Gasteiger partial charge is 0.497 e. The van der Waals surface area contributed by atoms with Gasteiger partial charge in [-0.2, -0.15) is 0 Å². The highest BCUT2D eigenvalue weighted by atomic mass is 16.5. The highest BCUT2D eigenvalue weighted by Crippen LogP contribution is 2.22. The maximum absolute atomic E-state index is 12.6. The Morgan fingerprint density at radius 2 is 1.73 bits per heavy atom. The third kappa shape index (κ3) is 4.49. The zero-order valence-electron chi connectivity index (χ0n) is 17.9. The summed E-state index contributed by atoms with van der Waals surface area (Å²) in [6.07, 6.45) is 2.07. The smallest absolute Gasteiger partial charge is 0.272 e. The molecule has 0 aliphatic carbocycles. The van der Waals surface area contributed by atoms with Gasteiger partial charge in [0.15, 0.2) is 0 Å². The Morgan fingerprint density at radius 3 is 2.53 bits per heavy atom. The van der Waals surface area contributed by atoms with Gasteiger partial charge in [0, 0.05) is 44.5 Å². The molecule has 1 aromatic heterocycles. The summed E-state index contributed by atoms with van der Waals surface area (Å²) in [4.78, 5) is 21.9. The van der Waals surface area contributed by atoms with Gasteiger partial charge < -0.3 is 14.2 Å². The lowest BCUT2D eigenvalue weighted by Crippen LogP contribution is -2.46. The summed E-state index contributed by atoms with van der Waals surface area (Å²) in [6, 6.07) is 16.2. The number of ether oxygens (including phenoxy) is 1. The van der Waals surface area contributed by atoms with Crippen molar-refractivity contribution in [1.82, 2.24) is 14.5 Å². The molecule has 0 bridgehead atoms. The second kappa shape index (κ2) is 9.30. The number of rotatable bonds is 7. The summed E-state index contributed by atoms with van der Waals surface area (Å²) in [5, 5.41) is 0. The zero-order valence-corrected chi connectivity index (χ0v) is 17.9. The molecular formula is C24H30N4O2. The molecule has 1 aliphatic heterocycles. The van der Waals surface area contributed by atoms with E-state index in [2.05, 4.69) is 26.9 Å². The van der Waals surface area contributed by atoms with E-state index in [1.165, 1.54) is 5.69 Å². The number of methoxy groups -OCH3 is 1. The van der Waals surface area contributed by atoms with E-state index < -0.39 is 0 Å². The van der Waals surface area contributed by atoms with Crippen molar-refractivity contribution >= 4 is 16.7 Å². The first-order chi connectivity index (χ1) is 14.7. The Balaban J connectivity index is 1.28. The summed E-state index contributed by atoms with van der Waals surface area (Å²) < 4.78 is 7.23. The van der Waals surface area contributed by atoms with Crippen molar-refractivity contribution in [3.8, 4) is 5.75 Å². The van der Waals surface area contributed by atoms with Gasteiger partial charge in [0.05, 0.1) is 18.1 Å². The topological polar surface area (TPSA) is 50.6 Å². The van der Waals surface area contributed by atoms with Gasteiger partial charge in [-0.1, -0.05) is 18.2 Å². The summed E-state index contributed by atoms with van der Waals surface area (Å²) in [6.45, 7) is 7.80. The minimum absolute atomic E-state index is 0.0283. The van der Waals surface area contributed by atoms with Crippen molar-refractivity contribution in [3.63, 3.8) is 0 Å². The molecule has 1 aliphatic rings. The molecule has 0 unspecified atom stereocenters. The number of fused-ring (bicyclic) bond motifs is 1. The maximum atomic E-state index is 12.6. The lowest BCUT2D eigenvalue weighted by Gasteiger charge is -2.36. The average Bonchev–Trinajstić information content (AvgIpc) is 2.79. The van der Waals surface area contributed by atoms with Crippen molar-refractivity contribution in [2.45, 2.75) is 26.3 Å². The lowest BCUT2D eigenvalue weighted by atomic mass is 10.2. The number of nitrogens with zero attached hydrogens (tertiary/aromatic N) is 4. The van der Waals surface area contributed by atoms with E-state index in [4.69, 9.17) is 4.74 Å². The van der Waals surface area contributed by atoms with Crippen LogP contribution in [0.5, 0.6) is 5.75 Å². The first-order valence-corrected chi connectivity index (χ1v) is 10.7. The molecule has 2 heterocycles. The predicted octanol–water partition coefficient (Wildman–Crippen LogP) is 3.32. The second-order valence-corrected chi connectivity index (χ2v) is 7.88. The second-order valence-electron chi connectivity index (χ2n) is 7.88. The first kappa shape index (κ1) is 20.4. The van der Waals surface area contributed by atoms with Gasteiger partial charge in [-0.05, 0) is 50.6 Å². The van der Waals surface area contributed by atoms with E-state index in [-0.39, 0.29) is 5.56 Å². The minimum Gasteiger partial charge on any atom is -0.497 e. The van der Waals surface area contributed by atoms with Crippen LogP contribution >= 0.6 is 0 Å². The van der Waals surface area contributed by atoms with Crippen molar-refractivity contribution in [2.24, 2.45) is 0 Å². The van der Waals surface area contributed by atoms with Crippen LogP contribution in [-0.4, -0.2) is 54.3 Å². The fourth-order valence-electron chi connectivity index (χ4n) is 4.18. The quantitative estimate of drug-likeness (QED) is 0.564. The number of hydrogen-bond donors (Lipinski definition) is 0. The van der Waals surface area contributed by atoms with Crippen LogP contribution in [-0.2, 0) is 6.54 Å². The number of aromatic nitrogens is 2. The third-order valence-electron chi connectivity index (χ3n) is 5.91. The Bertz CT molecular complexity index is 1050. The Labute approximate surface area is 177 Å². The number of aryl methyl sites for hydroxylation is 2. The molecule has 3 aromatic rings. The zero-order chi connectivity index (χ0) is 20.9. The van der Waals surface area contributed by atoms with E-state index in [9.17, 15) is 4.79 Å². The number of benzene rings is 2. The molecular weight excluding hydrogens is 376 g/mol. The summed E-state index contributed by atoms with van der Waals surface area (Å²) in [5.41, 5.74) is 3.65. The molecule has 1 saturated heterocycles. The van der Waals surface area contributed by atoms with Crippen LogP contribution in [0.3, 0.4) is 0 Å². The maximum Gasteiger partial charge on any atom is 0.272 e. The van der Waals surface area contributed by atoms with E-state index in [1.807, 2.05) is 41.0 Å². The number of para-hydroxylation sites is 2. The van der Waals surface area contributed by atoms with Crippen LogP contribution in [0.15, 0.2) is 53.3 Å². The van der Waals surface area contributed by atoms with Crippen LogP contribution in [0.25, 0.3) is 11.0 Å². The van der Waals surface area contributed by atoms with Gasteiger partial charge in [-0.3, -0.25) is 9.69 Å². The molecule has 0 amide bonds. The number of anilines is 1. The SMILES string of the molecule is COc1cccc(N2CCN(CCCCn3c(=O)c(C)nc4ccccc43)CC2)c1. The molecule has 6 heteroatoms. The Morgan fingerprint density at radius 1 is 0.967 bits per heavy atom. The van der Waals surface area contributed by atoms with Gasteiger partial charge in [0.2, 0.25) is 0 Å². The molecule has 1 fully saturated rings. The van der Waals surface area contributed by atoms with Crippen LogP contribution in [0.4, 0.5) is 5.69 Å². The van der Waals surface area contributed by atoms with Crippen molar-refractivity contribution in [2.75, 3.05) is 44.7 Å². The molecule has 30 heavy (non-hydrogen) atoms. The highest BCUT2D eigenvalue weighted by Gasteiger charge is 2.17. The average molecular weight is 407 g/mol. The minimum atomic E-state index is 0.0283. The molecule has 2 aromatic carbocycles. The van der Waals surface area contributed by atoms with Crippen LogP contribution in [0, 0.1) is 6.92 Å². The Kier molecular flexibility index (Phi) is 6.33. The molecule has 6 nitrogen and oxygen atoms in total. The van der Waals surface area contributed by atoms with Crippen molar-refractivity contribution < 1.29 is 4.74 Å². The normalized spacial score (nSPS) is 14.9.